The lowest BCUT2D eigenvalue weighted by Gasteiger charge is -2.07. The number of aryl methyl sites for hydroxylation is 1. The van der Waals surface area contributed by atoms with Crippen LogP contribution < -0.4 is 10.6 Å². The smallest absolute Gasteiger partial charge is 0.177 e. The molecule has 2 heterocycles. The second-order valence-electron chi connectivity index (χ2n) is 7.06. The summed E-state index contributed by atoms with van der Waals surface area (Å²) in [6, 6.07) is 16.4. The van der Waals surface area contributed by atoms with Crippen LogP contribution in [0.2, 0.25) is 5.02 Å². The summed E-state index contributed by atoms with van der Waals surface area (Å²) in [6.07, 6.45) is 3.55. The Hall–Kier alpha value is -3.23. The SMILES string of the molecule is Cc1ccccc1Cn1ccc(NC(=S)Nc2nn(Cc3cccc(F)c3)cc2Cl)n1. The third kappa shape index (κ3) is 5.48. The molecule has 0 aliphatic carbocycles. The molecule has 158 valence electrons. The number of rotatable bonds is 6. The normalized spacial score (nSPS) is 10.8. The van der Waals surface area contributed by atoms with E-state index in [9.17, 15) is 4.39 Å². The van der Waals surface area contributed by atoms with Crippen molar-refractivity contribution in [3.63, 3.8) is 0 Å². The Balaban J connectivity index is 1.36. The van der Waals surface area contributed by atoms with Crippen LogP contribution in [0, 0.1) is 12.7 Å². The average molecular weight is 455 g/mol. The zero-order valence-corrected chi connectivity index (χ0v) is 18.3. The van der Waals surface area contributed by atoms with Crippen LogP contribution in [0.5, 0.6) is 0 Å². The Morgan fingerprint density at radius 1 is 1.03 bits per heavy atom. The van der Waals surface area contributed by atoms with Crippen LogP contribution >= 0.6 is 23.8 Å². The van der Waals surface area contributed by atoms with Crippen molar-refractivity contribution in [2.45, 2.75) is 20.0 Å². The van der Waals surface area contributed by atoms with E-state index < -0.39 is 0 Å². The molecule has 31 heavy (non-hydrogen) atoms. The fourth-order valence-electron chi connectivity index (χ4n) is 3.12. The monoisotopic (exact) mass is 454 g/mol. The Labute approximate surface area is 189 Å². The van der Waals surface area contributed by atoms with Crippen LogP contribution in [0.1, 0.15) is 16.7 Å². The molecule has 0 bridgehead atoms. The van der Waals surface area contributed by atoms with Gasteiger partial charge in [0.1, 0.15) is 10.8 Å². The maximum Gasteiger partial charge on any atom is 0.177 e. The molecular weight excluding hydrogens is 435 g/mol. The van der Waals surface area contributed by atoms with Crippen LogP contribution in [0.4, 0.5) is 16.0 Å². The summed E-state index contributed by atoms with van der Waals surface area (Å²) in [5.74, 6) is 0.734. The third-order valence-corrected chi connectivity index (χ3v) is 5.14. The molecule has 9 heteroatoms. The molecule has 2 aromatic carbocycles. The Kier molecular flexibility index (Phi) is 6.29. The van der Waals surface area contributed by atoms with Crippen molar-refractivity contribution in [1.29, 1.82) is 0 Å². The zero-order chi connectivity index (χ0) is 21.8. The Morgan fingerprint density at radius 2 is 1.87 bits per heavy atom. The zero-order valence-electron chi connectivity index (χ0n) is 16.7. The molecule has 0 atom stereocenters. The first-order valence-corrected chi connectivity index (χ1v) is 10.4. The first-order valence-electron chi connectivity index (χ1n) is 9.59. The first kappa shape index (κ1) is 21.0. The standard InChI is InChI=1S/C22H20ClFN6S/c1-15-5-2-3-7-17(15)13-29-10-9-20(27-29)25-22(31)26-21-19(23)14-30(28-21)12-16-6-4-8-18(24)11-16/h2-11,14H,12-13H2,1H3,(H2,25,26,27,28,31). The molecule has 0 fully saturated rings. The molecule has 2 aromatic heterocycles. The number of nitrogens with one attached hydrogen (secondary N) is 2. The van der Waals surface area contributed by atoms with Crippen molar-refractivity contribution in [3.05, 3.63) is 94.5 Å². The maximum absolute atomic E-state index is 13.4. The fraction of sp³-hybridized carbons (Fsp3) is 0.136. The van der Waals surface area contributed by atoms with Crippen molar-refractivity contribution < 1.29 is 4.39 Å². The molecule has 0 aliphatic rings. The van der Waals surface area contributed by atoms with Crippen molar-refractivity contribution in [1.82, 2.24) is 19.6 Å². The van der Waals surface area contributed by atoms with Crippen LogP contribution in [0.3, 0.4) is 0 Å². The second-order valence-corrected chi connectivity index (χ2v) is 7.87. The van der Waals surface area contributed by atoms with Gasteiger partial charge in [0.25, 0.3) is 0 Å². The second kappa shape index (κ2) is 9.28. The quantitative estimate of drug-likeness (QED) is 0.397. The Morgan fingerprint density at radius 3 is 2.68 bits per heavy atom. The van der Waals surface area contributed by atoms with E-state index in [1.54, 1.807) is 16.9 Å². The molecule has 6 nitrogen and oxygen atoms in total. The minimum Gasteiger partial charge on any atom is -0.316 e. The number of hydrogen-bond acceptors (Lipinski definition) is 3. The van der Waals surface area contributed by atoms with Gasteiger partial charge in [-0.1, -0.05) is 48.0 Å². The number of benzene rings is 2. The molecule has 0 saturated heterocycles. The third-order valence-electron chi connectivity index (χ3n) is 4.66. The number of hydrogen-bond donors (Lipinski definition) is 2. The predicted octanol–water partition coefficient (Wildman–Crippen LogP) is 5.09. The highest BCUT2D eigenvalue weighted by molar-refractivity contribution is 7.80. The highest BCUT2D eigenvalue weighted by Gasteiger charge is 2.11. The summed E-state index contributed by atoms with van der Waals surface area (Å²) in [5.41, 5.74) is 3.20. The minimum atomic E-state index is -0.290. The molecule has 0 unspecified atom stereocenters. The summed E-state index contributed by atoms with van der Waals surface area (Å²) in [7, 11) is 0. The topological polar surface area (TPSA) is 59.7 Å². The van der Waals surface area contributed by atoms with E-state index in [4.69, 9.17) is 23.8 Å². The van der Waals surface area contributed by atoms with Gasteiger partial charge in [0.15, 0.2) is 16.7 Å². The molecule has 4 rings (SSSR count). The molecule has 4 aromatic rings. The van der Waals surface area contributed by atoms with Gasteiger partial charge in [0, 0.05) is 18.5 Å². The number of nitrogens with zero attached hydrogens (tertiary/aromatic N) is 4. The van der Waals surface area contributed by atoms with Crippen LogP contribution in [0.15, 0.2) is 67.0 Å². The molecule has 0 amide bonds. The van der Waals surface area contributed by atoms with Gasteiger partial charge in [0.2, 0.25) is 0 Å². The van der Waals surface area contributed by atoms with Crippen molar-refractivity contribution in [2.75, 3.05) is 10.6 Å². The van der Waals surface area contributed by atoms with E-state index >= 15 is 0 Å². The summed E-state index contributed by atoms with van der Waals surface area (Å²) in [4.78, 5) is 0. The van der Waals surface area contributed by atoms with E-state index in [0.29, 0.717) is 34.9 Å². The van der Waals surface area contributed by atoms with Crippen LogP contribution in [-0.2, 0) is 13.1 Å². The highest BCUT2D eigenvalue weighted by atomic mass is 35.5. The molecule has 0 radical (unpaired) electrons. The van der Waals surface area contributed by atoms with Gasteiger partial charge in [-0.15, -0.1) is 0 Å². The average Bonchev–Trinajstić information content (AvgIpc) is 3.29. The van der Waals surface area contributed by atoms with Crippen molar-refractivity contribution >= 4 is 40.6 Å². The van der Waals surface area contributed by atoms with E-state index in [-0.39, 0.29) is 5.82 Å². The lowest BCUT2D eigenvalue weighted by Crippen LogP contribution is -2.20. The predicted molar refractivity (Wildman–Crippen MR) is 125 cm³/mol. The Bertz CT molecular complexity index is 1220. The van der Waals surface area contributed by atoms with Gasteiger partial charge >= 0.3 is 0 Å². The van der Waals surface area contributed by atoms with Gasteiger partial charge in [-0.05, 0) is 48.0 Å². The summed E-state index contributed by atoms with van der Waals surface area (Å²) in [6.45, 7) is 3.14. The lowest BCUT2D eigenvalue weighted by atomic mass is 10.1. The summed E-state index contributed by atoms with van der Waals surface area (Å²) >= 11 is 11.6. The van der Waals surface area contributed by atoms with Gasteiger partial charge in [0.05, 0.1) is 13.1 Å². The van der Waals surface area contributed by atoms with Crippen molar-refractivity contribution in [2.24, 2.45) is 0 Å². The van der Waals surface area contributed by atoms with E-state index in [1.807, 2.05) is 35.1 Å². The van der Waals surface area contributed by atoms with Gasteiger partial charge in [-0.3, -0.25) is 9.36 Å². The van der Waals surface area contributed by atoms with E-state index in [1.165, 1.54) is 23.3 Å². The number of halogens is 2. The van der Waals surface area contributed by atoms with E-state index in [2.05, 4.69) is 39.9 Å². The van der Waals surface area contributed by atoms with Gasteiger partial charge in [-0.25, -0.2) is 4.39 Å². The molecule has 2 N–H and O–H groups in total. The molecule has 0 aliphatic heterocycles. The van der Waals surface area contributed by atoms with Crippen molar-refractivity contribution in [3.8, 4) is 0 Å². The van der Waals surface area contributed by atoms with Gasteiger partial charge in [-0.2, -0.15) is 10.2 Å². The summed E-state index contributed by atoms with van der Waals surface area (Å²) in [5, 5.41) is 15.6. The highest BCUT2D eigenvalue weighted by Crippen LogP contribution is 2.20. The van der Waals surface area contributed by atoms with Crippen LogP contribution in [-0.4, -0.2) is 24.7 Å². The molecule has 0 saturated carbocycles. The lowest BCUT2D eigenvalue weighted by molar-refractivity contribution is 0.619. The molecular formula is C22H20ClFN6S. The minimum absolute atomic E-state index is 0.290. The summed E-state index contributed by atoms with van der Waals surface area (Å²) < 4.78 is 16.8. The largest absolute Gasteiger partial charge is 0.316 e. The van der Waals surface area contributed by atoms with E-state index in [0.717, 1.165) is 5.56 Å². The maximum atomic E-state index is 13.4. The number of anilines is 2. The fourth-order valence-corrected chi connectivity index (χ4v) is 3.52. The first-order chi connectivity index (χ1) is 15.0. The number of thiocarbonyl (C=S) groups is 1. The molecule has 0 spiro atoms. The van der Waals surface area contributed by atoms with Gasteiger partial charge < -0.3 is 10.6 Å². The van der Waals surface area contributed by atoms with Crippen LogP contribution in [0.25, 0.3) is 0 Å². The number of aromatic nitrogens is 4.